The maximum absolute atomic E-state index is 5.44. The normalized spacial score (nSPS) is 12.0. The number of halogens is 1. The van der Waals surface area contributed by atoms with Crippen molar-refractivity contribution >= 4 is 21.6 Å². The lowest BCUT2D eigenvalue weighted by atomic mass is 10.1. The number of aromatic nitrogens is 1. The highest BCUT2D eigenvalue weighted by atomic mass is 79.9. The van der Waals surface area contributed by atoms with Gasteiger partial charge in [-0.2, -0.15) is 0 Å². The molecular weight excluding hydrogens is 332 g/mol. The van der Waals surface area contributed by atoms with E-state index in [1.807, 2.05) is 24.3 Å². The van der Waals surface area contributed by atoms with E-state index in [4.69, 9.17) is 9.47 Å². The molecule has 0 aliphatic carbocycles. The van der Waals surface area contributed by atoms with Crippen molar-refractivity contribution in [2.75, 3.05) is 25.6 Å². The molecule has 0 spiro atoms. The number of anilines is 1. The first-order valence-electron chi connectivity index (χ1n) is 6.79. The molecule has 4 nitrogen and oxygen atoms in total. The first-order valence-corrected chi connectivity index (χ1v) is 7.58. The second-order valence-corrected chi connectivity index (χ2v) is 5.56. The first kappa shape index (κ1) is 15.8. The molecule has 0 amide bonds. The van der Waals surface area contributed by atoms with E-state index in [1.165, 1.54) is 5.56 Å². The smallest absolute Gasteiger partial charge is 0.213 e. The van der Waals surface area contributed by atoms with Crippen LogP contribution in [0.4, 0.5) is 5.69 Å². The number of rotatable bonds is 7. The van der Waals surface area contributed by atoms with Gasteiger partial charge < -0.3 is 14.8 Å². The Bertz CT molecular complexity index is 560. The first-order chi connectivity index (χ1) is 10.2. The highest BCUT2D eigenvalue weighted by Gasteiger charge is 2.06. The molecule has 0 bridgehead atoms. The lowest BCUT2D eigenvalue weighted by molar-refractivity contribution is 0.144. The summed E-state index contributed by atoms with van der Waals surface area (Å²) in [6.07, 6.45) is 1.77. The summed E-state index contributed by atoms with van der Waals surface area (Å²) >= 11 is 3.49. The van der Waals surface area contributed by atoms with E-state index < -0.39 is 0 Å². The summed E-state index contributed by atoms with van der Waals surface area (Å²) in [6.45, 7) is 3.18. The maximum Gasteiger partial charge on any atom is 0.213 e. The van der Waals surface area contributed by atoms with Crippen LogP contribution in [0.2, 0.25) is 0 Å². The van der Waals surface area contributed by atoms with Gasteiger partial charge in [0.05, 0.1) is 18.5 Å². The van der Waals surface area contributed by atoms with Crippen molar-refractivity contribution in [3.05, 3.63) is 52.6 Å². The second kappa shape index (κ2) is 8.00. The Morgan fingerprint density at radius 1 is 1.24 bits per heavy atom. The van der Waals surface area contributed by atoms with Crippen molar-refractivity contribution < 1.29 is 9.47 Å². The second-order valence-electron chi connectivity index (χ2n) is 4.65. The molecule has 112 valence electrons. The fourth-order valence-electron chi connectivity index (χ4n) is 1.89. The number of nitrogens with one attached hydrogen (secondary N) is 1. The van der Waals surface area contributed by atoms with Crippen molar-refractivity contribution in [2.24, 2.45) is 0 Å². The van der Waals surface area contributed by atoms with Gasteiger partial charge in [-0.3, -0.25) is 0 Å². The summed E-state index contributed by atoms with van der Waals surface area (Å²) in [7, 11) is 1.65. The van der Waals surface area contributed by atoms with E-state index in [1.54, 1.807) is 13.3 Å². The zero-order chi connectivity index (χ0) is 15.1. The number of pyridine rings is 1. The molecule has 0 radical (unpaired) electrons. The number of nitrogens with zero attached hydrogens (tertiary/aromatic N) is 1. The molecule has 21 heavy (non-hydrogen) atoms. The minimum atomic E-state index is 0.199. The zero-order valence-electron chi connectivity index (χ0n) is 12.2. The molecule has 1 aromatic carbocycles. The molecule has 0 saturated heterocycles. The van der Waals surface area contributed by atoms with Gasteiger partial charge in [0.15, 0.2) is 0 Å². The van der Waals surface area contributed by atoms with Crippen LogP contribution in [0.5, 0.6) is 5.88 Å². The Hall–Kier alpha value is -1.59. The Morgan fingerprint density at radius 2 is 2.10 bits per heavy atom. The Balaban J connectivity index is 1.93. The molecule has 2 aromatic rings. The largest absolute Gasteiger partial charge is 0.475 e. The SMILES string of the molecule is COCCOc1ccc(NC(C)c2cccc(Br)c2)cn1. The molecule has 1 aromatic heterocycles. The molecule has 0 fully saturated rings. The predicted octanol–water partition coefficient (Wildman–Crippen LogP) is 4.04. The number of benzene rings is 1. The molecular formula is C16H19BrN2O2. The highest BCUT2D eigenvalue weighted by Crippen LogP contribution is 2.22. The maximum atomic E-state index is 5.44. The van der Waals surface area contributed by atoms with Gasteiger partial charge in [0, 0.05) is 23.7 Å². The van der Waals surface area contributed by atoms with Gasteiger partial charge >= 0.3 is 0 Å². The fourth-order valence-corrected chi connectivity index (χ4v) is 2.31. The average molecular weight is 351 g/mol. The Morgan fingerprint density at radius 3 is 2.76 bits per heavy atom. The Kier molecular flexibility index (Phi) is 6.02. The van der Waals surface area contributed by atoms with Crippen molar-refractivity contribution in [3.8, 4) is 5.88 Å². The van der Waals surface area contributed by atoms with Crippen LogP contribution in [0.15, 0.2) is 47.1 Å². The number of hydrogen-bond donors (Lipinski definition) is 1. The third-order valence-electron chi connectivity index (χ3n) is 3.01. The number of hydrogen-bond acceptors (Lipinski definition) is 4. The molecule has 1 unspecified atom stereocenters. The van der Waals surface area contributed by atoms with Crippen LogP contribution >= 0.6 is 15.9 Å². The van der Waals surface area contributed by atoms with Gasteiger partial charge in [-0.05, 0) is 30.7 Å². The van der Waals surface area contributed by atoms with Gasteiger partial charge in [-0.15, -0.1) is 0 Å². The van der Waals surface area contributed by atoms with Crippen LogP contribution in [-0.2, 0) is 4.74 Å². The summed E-state index contributed by atoms with van der Waals surface area (Å²) in [6, 6.07) is 12.3. The molecule has 1 N–H and O–H groups in total. The highest BCUT2D eigenvalue weighted by molar-refractivity contribution is 9.10. The molecule has 1 atom stereocenters. The van der Waals surface area contributed by atoms with Gasteiger partial charge in [-0.25, -0.2) is 4.98 Å². The Labute approximate surface area is 133 Å². The fraction of sp³-hybridized carbons (Fsp3) is 0.312. The predicted molar refractivity (Wildman–Crippen MR) is 87.8 cm³/mol. The van der Waals surface area contributed by atoms with E-state index >= 15 is 0 Å². The van der Waals surface area contributed by atoms with Crippen molar-refractivity contribution in [1.82, 2.24) is 4.98 Å². The van der Waals surface area contributed by atoms with E-state index in [0.29, 0.717) is 19.1 Å². The van der Waals surface area contributed by atoms with Gasteiger partial charge in [0.2, 0.25) is 5.88 Å². The summed E-state index contributed by atoms with van der Waals surface area (Å²) in [5, 5.41) is 3.42. The molecule has 0 saturated carbocycles. The van der Waals surface area contributed by atoms with Crippen LogP contribution in [0.3, 0.4) is 0 Å². The summed E-state index contributed by atoms with van der Waals surface area (Å²) in [5.41, 5.74) is 2.17. The van der Waals surface area contributed by atoms with E-state index in [2.05, 4.69) is 45.3 Å². The van der Waals surface area contributed by atoms with Gasteiger partial charge in [0.25, 0.3) is 0 Å². The summed E-state index contributed by atoms with van der Waals surface area (Å²) < 4.78 is 11.4. The lowest BCUT2D eigenvalue weighted by Crippen LogP contribution is -2.08. The van der Waals surface area contributed by atoms with Crippen LogP contribution in [0.1, 0.15) is 18.5 Å². The topological polar surface area (TPSA) is 43.4 Å². The van der Waals surface area contributed by atoms with Crippen LogP contribution < -0.4 is 10.1 Å². The summed E-state index contributed by atoms with van der Waals surface area (Å²) in [5.74, 6) is 0.604. The number of ether oxygens (including phenoxy) is 2. The lowest BCUT2D eigenvalue weighted by Gasteiger charge is -2.16. The quantitative estimate of drug-likeness (QED) is 0.765. The van der Waals surface area contributed by atoms with E-state index in [9.17, 15) is 0 Å². The molecule has 0 aliphatic rings. The molecule has 1 heterocycles. The van der Waals surface area contributed by atoms with Gasteiger partial charge in [0.1, 0.15) is 6.61 Å². The zero-order valence-corrected chi connectivity index (χ0v) is 13.8. The summed E-state index contributed by atoms with van der Waals surface area (Å²) in [4.78, 5) is 4.27. The minimum absolute atomic E-state index is 0.199. The standard InChI is InChI=1S/C16H19BrN2O2/c1-12(13-4-3-5-14(17)10-13)19-15-6-7-16(18-11-15)21-9-8-20-2/h3-7,10-12,19H,8-9H2,1-2H3. The van der Waals surface area contributed by atoms with Gasteiger partial charge in [-0.1, -0.05) is 28.1 Å². The average Bonchev–Trinajstić information content (AvgIpc) is 2.49. The van der Waals surface area contributed by atoms with Crippen LogP contribution in [0, 0.1) is 0 Å². The van der Waals surface area contributed by atoms with Crippen molar-refractivity contribution in [3.63, 3.8) is 0 Å². The van der Waals surface area contributed by atoms with E-state index in [-0.39, 0.29) is 6.04 Å². The molecule has 5 heteroatoms. The molecule has 0 aliphatic heterocycles. The third-order valence-corrected chi connectivity index (χ3v) is 3.50. The van der Waals surface area contributed by atoms with Crippen molar-refractivity contribution in [1.29, 1.82) is 0 Å². The number of methoxy groups -OCH3 is 1. The monoisotopic (exact) mass is 350 g/mol. The third kappa shape index (κ3) is 5.02. The minimum Gasteiger partial charge on any atom is -0.475 e. The van der Waals surface area contributed by atoms with E-state index in [0.717, 1.165) is 10.2 Å². The van der Waals surface area contributed by atoms with Crippen LogP contribution in [0.25, 0.3) is 0 Å². The van der Waals surface area contributed by atoms with Crippen LogP contribution in [-0.4, -0.2) is 25.3 Å². The van der Waals surface area contributed by atoms with Crippen molar-refractivity contribution in [2.45, 2.75) is 13.0 Å². The molecule has 2 rings (SSSR count).